The van der Waals surface area contributed by atoms with Gasteiger partial charge in [-0.1, -0.05) is 30.3 Å². The molecule has 1 fully saturated rings. The van der Waals surface area contributed by atoms with E-state index < -0.39 is 43.3 Å². The van der Waals surface area contributed by atoms with Gasteiger partial charge in [0, 0.05) is 29.8 Å². The number of benzene rings is 2. The summed E-state index contributed by atoms with van der Waals surface area (Å²) in [6.45, 7) is 0.0686. The Morgan fingerprint density at radius 1 is 1.11 bits per heavy atom. The molecule has 1 saturated heterocycles. The lowest BCUT2D eigenvalue weighted by Crippen LogP contribution is -2.47. The molecule has 12 nitrogen and oxygen atoms in total. The fourth-order valence-electron chi connectivity index (χ4n) is 4.25. The first-order chi connectivity index (χ1) is 18.1. The van der Waals surface area contributed by atoms with Gasteiger partial charge in [-0.05, 0) is 36.1 Å². The van der Waals surface area contributed by atoms with E-state index in [0.29, 0.717) is 24.8 Å². The second-order valence-corrected chi connectivity index (χ2v) is 10.4. The predicted molar refractivity (Wildman–Crippen MR) is 136 cm³/mol. The molecule has 1 atom stereocenters. The average molecular weight is 543 g/mol. The SMILES string of the molecule is O=C(NCC(=O)N1CCCC1C(=O)Nc1ccc2c(CP(=O)(O)O)cc(=O)oc2c1)OCc1ccccc1. The van der Waals surface area contributed by atoms with Crippen LogP contribution >= 0.6 is 7.60 Å². The highest BCUT2D eigenvalue weighted by Crippen LogP contribution is 2.40. The molecule has 38 heavy (non-hydrogen) atoms. The van der Waals surface area contributed by atoms with Gasteiger partial charge in [-0.25, -0.2) is 9.59 Å². The molecule has 0 saturated carbocycles. The third-order valence-corrected chi connectivity index (χ3v) is 6.70. The molecule has 1 aliphatic rings. The number of hydrogen-bond acceptors (Lipinski definition) is 7. The van der Waals surface area contributed by atoms with Crippen LogP contribution in [0.15, 0.2) is 63.8 Å². The number of ether oxygens (including phenoxy) is 1. The minimum atomic E-state index is -4.43. The molecule has 3 amide bonds. The highest BCUT2D eigenvalue weighted by atomic mass is 31.2. The van der Waals surface area contributed by atoms with Gasteiger partial charge in [0.15, 0.2) is 0 Å². The third kappa shape index (κ3) is 7.06. The second-order valence-electron chi connectivity index (χ2n) is 8.77. The standard InChI is InChI=1S/C25H26N3O9P/c29-22(13-26-25(32)36-14-16-5-2-1-3-6-16)28-10-4-7-20(28)24(31)27-18-8-9-19-17(15-38(33,34)35)11-23(30)37-21(19)12-18/h1-3,5-6,8-9,11-12,20H,4,7,10,13-15H2,(H,26,32)(H,27,31)(H2,33,34,35). The monoisotopic (exact) mass is 543 g/mol. The van der Waals surface area contributed by atoms with Gasteiger partial charge < -0.3 is 34.5 Å². The Morgan fingerprint density at radius 3 is 2.61 bits per heavy atom. The van der Waals surface area contributed by atoms with E-state index in [1.807, 2.05) is 18.2 Å². The van der Waals surface area contributed by atoms with Gasteiger partial charge in [-0.15, -0.1) is 0 Å². The lowest BCUT2D eigenvalue weighted by atomic mass is 10.1. The number of anilines is 1. The Kier molecular flexibility index (Phi) is 8.26. The number of hydrogen-bond donors (Lipinski definition) is 4. The van der Waals surface area contributed by atoms with Crippen LogP contribution in [0.2, 0.25) is 0 Å². The summed E-state index contributed by atoms with van der Waals surface area (Å²) in [5, 5.41) is 5.42. The van der Waals surface area contributed by atoms with Crippen LogP contribution in [0, 0.1) is 0 Å². The highest BCUT2D eigenvalue weighted by Gasteiger charge is 2.34. The van der Waals surface area contributed by atoms with Crippen LogP contribution in [0.1, 0.15) is 24.0 Å². The summed E-state index contributed by atoms with van der Waals surface area (Å²) in [6, 6.07) is 13.7. The molecule has 4 N–H and O–H groups in total. The van der Waals surface area contributed by atoms with Gasteiger partial charge in [-0.3, -0.25) is 14.2 Å². The maximum atomic E-state index is 13.0. The van der Waals surface area contributed by atoms with Crippen molar-refractivity contribution in [3.63, 3.8) is 0 Å². The zero-order valence-corrected chi connectivity index (χ0v) is 21.1. The van der Waals surface area contributed by atoms with Crippen LogP contribution in [0.5, 0.6) is 0 Å². The Hall–Kier alpha value is -3.99. The van der Waals surface area contributed by atoms with Crippen molar-refractivity contribution in [1.29, 1.82) is 0 Å². The zero-order chi connectivity index (χ0) is 27.3. The first-order valence-electron chi connectivity index (χ1n) is 11.8. The molecule has 1 unspecified atom stereocenters. The Labute approximate surface area is 216 Å². The van der Waals surface area contributed by atoms with Gasteiger partial charge in [0.05, 0.1) is 6.16 Å². The number of amides is 3. The smallest absolute Gasteiger partial charge is 0.407 e. The number of rotatable bonds is 8. The molecule has 0 bridgehead atoms. The molecule has 0 aliphatic carbocycles. The number of carbonyl (C=O) groups excluding carboxylic acids is 3. The van der Waals surface area contributed by atoms with Gasteiger partial charge in [0.25, 0.3) is 0 Å². The van der Waals surface area contributed by atoms with Crippen molar-refractivity contribution < 1.29 is 37.9 Å². The van der Waals surface area contributed by atoms with Crippen LogP contribution in [-0.4, -0.2) is 51.7 Å². The first kappa shape index (κ1) is 27.1. The summed E-state index contributed by atoms with van der Waals surface area (Å²) in [6.07, 6.45) is -0.363. The van der Waals surface area contributed by atoms with Crippen molar-refractivity contribution in [1.82, 2.24) is 10.2 Å². The van der Waals surface area contributed by atoms with E-state index in [4.69, 9.17) is 9.15 Å². The van der Waals surface area contributed by atoms with E-state index in [9.17, 15) is 33.5 Å². The van der Waals surface area contributed by atoms with Crippen LogP contribution in [0.25, 0.3) is 11.0 Å². The first-order valence-corrected chi connectivity index (χ1v) is 13.5. The Morgan fingerprint density at radius 2 is 1.87 bits per heavy atom. The lowest BCUT2D eigenvalue weighted by Gasteiger charge is -2.24. The molecule has 0 spiro atoms. The number of fused-ring (bicyclic) bond motifs is 1. The summed E-state index contributed by atoms with van der Waals surface area (Å²) in [5.41, 5.74) is 0.477. The fourth-order valence-corrected chi connectivity index (χ4v) is 4.95. The van der Waals surface area contributed by atoms with Gasteiger partial charge in [0.2, 0.25) is 11.8 Å². The average Bonchev–Trinajstić information content (AvgIpc) is 3.36. The van der Waals surface area contributed by atoms with E-state index in [1.54, 1.807) is 12.1 Å². The van der Waals surface area contributed by atoms with Crippen molar-refractivity contribution in [3.05, 3.63) is 76.1 Å². The van der Waals surface area contributed by atoms with E-state index in [2.05, 4.69) is 10.6 Å². The van der Waals surface area contributed by atoms with Crippen molar-refractivity contribution in [2.24, 2.45) is 0 Å². The summed E-state index contributed by atoms with van der Waals surface area (Å²) < 4.78 is 21.7. The summed E-state index contributed by atoms with van der Waals surface area (Å²) in [4.78, 5) is 69.5. The highest BCUT2D eigenvalue weighted by molar-refractivity contribution is 7.50. The van der Waals surface area contributed by atoms with Crippen LogP contribution in [-0.2, 0) is 31.7 Å². The largest absolute Gasteiger partial charge is 0.445 e. The maximum absolute atomic E-state index is 13.0. The molecule has 2 heterocycles. The predicted octanol–water partition coefficient (Wildman–Crippen LogP) is 2.33. The lowest BCUT2D eigenvalue weighted by molar-refractivity contribution is -0.135. The normalized spacial score (nSPS) is 15.3. The Bertz CT molecular complexity index is 1450. The molecule has 0 radical (unpaired) electrons. The summed E-state index contributed by atoms with van der Waals surface area (Å²) in [7, 11) is -4.43. The zero-order valence-electron chi connectivity index (χ0n) is 20.2. The minimum Gasteiger partial charge on any atom is -0.445 e. The van der Waals surface area contributed by atoms with Crippen molar-refractivity contribution >= 4 is 42.2 Å². The molecule has 3 aromatic rings. The van der Waals surface area contributed by atoms with Crippen molar-refractivity contribution in [2.45, 2.75) is 31.7 Å². The molecule has 13 heteroatoms. The number of likely N-dealkylation sites (tertiary alicyclic amines) is 1. The molecule has 1 aromatic heterocycles. The summed E-state index contributed by atoms with van der Waals surface area (Å²) >= 11 is 0. The molecular weight excluding hydrogens is 517 g/mol. The Balaban J connectivity index is 1.36. The second kappa shape index (κ2) is 11.6. The van der Waals surface area contributed by atoms with E-state index in [0.717, 1.165) is 11.6 Å². The number of nitrogens with one attached hydrogen (secondary N) is 2. The molecule has 4 rings (SSSR count). The van der Waals surface area contributed by atoms with Gasteiger partial charge >= 0.3 is 19.3 Å². The van der Waals surface area contributed by atoms with E-state index in [-0.39, 0.29) is 30.0 Å². The van der Waals surface area contributed by atoms with Crippen LogP contribution < -0.4 is 16.3 Å². The quantitative estimate of drug-likeness (QED) is 0.245. The van der Waals surface area contributed by atoms with Crippen molar-refractivity contribution in [3.8, 4) is 0 Å². The van der Waals surface area contributed by atoms with Gasteiger partial charge in [0.1, 0.15) is 24.8 Å². The molecule has 1 aliphatic heterocycles. The van der Waals surface area contributed by atoms with Gasteiger partial charge in [-0.2, -0.15) is 0 Å². The topological polar surface area (TPSA) is 175 Å². The molecule has 200 valence electrons. The maximum Gasteiger partial charge on any atom is 0.407 e. The number of alkyl carbamates (subject to hydrolysis) is 1. The van der Waals surface area contributed by atoms with E-state index >= 15 is 0 Å². The van der Waals surface area contributed by atoms with Crippen LogP contribution in [0.3, 0.4) is 0 Å². The molecule has 2 aromatic carbocycles. The summed E-state index contributed by atoms with van der Waals surface area (Å²) in [5.74, 6) is -0.901. The third-order valence-electron chi connectivity index (χ3n) is 5.95. The van der Waals surface area contributed by atoms with Crippen LogP contribution in [0.4, 0.5) is 10.5 Å². The van der Waals surface area contributed by atoms with E-state index in [1.165, 1.54) is 23.1 Å². The minimum absolute atomic E-state index is 0.0521. The fraction of sp³-hybridized carbons (Fsp3) is 0.280. The number of nitrogens with zero attached hydrogens (tertiary/aromatic N) is 1. The number of carbonyl (C=O) groups is 3. The van der Waals surface area contributed by atoms with Crippen molar-refractivity contribution in [2.75, 3.05) is 18.4 Å². The molecular formula is C25H26N3O9P.